The molecule has 0 fully saturated rings. The zero-order valence-electron chi connectivity index (χ0n) is 16.6. The maximum Gasteiger partial charge on any atom is 0.253 e. The third kappa shape index (κ3) is 5.74. The van der Waals surface area contributed by atoms with Gasteiger partial charge in [-0.05, 0) is 17.7 Å². The van der Waals surface area contributed by atoms with Crippen LogP contribution in [0.5, 0.6) is 0 Å². The second-order valence-electron chi connectivity index (χ2n) is 7.31. The van der Waals surface area contributed by atoms with Gasteiger partial charge in [0.25, 0.3) is 5.91 Å². The Morgan fingerprint density at radius 1 is 1.10 bits per heavy atom. The van der Waals surface area contributed by atoms with E-state index in [0.29, 0.717) is 0 Å². The summed E-state index contributed by atoms with van der Waals surface area (Å²) in [7, 11) is 0. The molecular formula is C22H24N4O5. The molecule has 6 N–H and O–H groups in total. The molecule has 0 bridgehead atoms. The molecule has 9 nitrogen and oxygen atoms in total. The van der Waals surface area contributed by atoms with E-state index >= 15 is 0 Å². The minimum Gasteiger partial charge on any atom is -0.390 e. The number of aliphatic hydroxyl groups excluding tert-OH is 2. The highest BCUT2D eigenvalue weighted by molar-refractivity contribution is 5.98. The van der Waals surface area contributed by atoms with Gasteiger partial charge in [-0.2, -0.15) is 0 Å². The predicted octanol–water partition coefficient (Wildman–Crippen LogP) is -0.555. The summed E-state index contributed by atoms with van der Waals surface area (Å²) in [6.07, 6.45) is 1.76. The monoisotopic (exact) mass is 424 g/mol. The van der Waals surface area contributed by atoms with Crippen molar-refractivity contribution >= 4 is 17.7 Å². The molecule has 162 valence electrons. The van der Waals surface area contributed by atoms with E-state index < -0.39 is 42.0 Å². The zero-order chi connectivity index (χ0) is 22.4. The van der Waals surface area contributed by atoms with Crippen LogP contribution >= 0.6 is 0 Å². The Hall–Kier alpha value is -3.56. The van der Waals surface area contributed by atoms with Crippen molar-refractivity contribution in [3.8, 4) is 0 Å². The van der Waals surface area contributed by atoms with E-state index in [-0.39, 0.29) is 24.0 Å². The average molecular weight is 424 g/mol. The maximum atomic E-state index is 12.8. The van der Waals surface area contributed by atoms with Crippen molar-refractivity contribution in [2.45, 2.75) is 37.1 Å². The summed E-state index contributed by atoms with van der Waals surface area (Å²) in [6.45, 7) is 0. The van der Waals surface area contributed by atoms with Crippen LogP contribution in [-0.2, 0) is 16.0 Å². The largest absolute Gasteiger partial charge is 0.390 e. The number of pyridine rings is 1. The summed E-state index contributed by atoms with van der Waals surface area (Å²) < 4.78 is 0. The zero-order valence-corrected chi connectivity index (χ0v) is 16.6. The van der Waals surface area contributed by atoms with Crippen molar-refractivity contribution in [2.24, 2.45) is 5.73 Å². The first-order valence-electron chi connectivity index (χ1n) is 9.77. The van der Waals surface area contributed by atoms with E-state index in [4.69, 9.17) is 5.73 Å². The first-order chi connectivity index (χ1) is 14.8. The normalized spacial score (nSPS) is 21.5. The van der Waals surface area contributed by atoms with Gasteiger partial charge in [-0.15, -0.1) is 0 Å². The summed E-state index contributed by atoms with van der Waals surface area (Å²) in [4.78, 5) is 40.8. The van der Waals surface area contributed by atoms with Gasteiger partial charge in [0.05, 0.1) is 17.7 Å². The van der Waals surface area contributed by atoms with Crippen LogP contribution in [0, 0.1) is 0 Å². The molecule has 1 aromatic carbocycles. The van der Waals surface area contributed by atoms with Crippen molar-refractivity contribution < 1.29 is 24.6 Å². The Bertz CT molecular complexity index is 964. The van der Waals surface area contributed by atoms with Crippen LogP contribution in [-0.4, -0.2) is 57.2 Å². The van der Waals surface area contributed by atoms with E-state index in [0.717, 1.165) is 5.56 Å². The van der Waals surface area contributed by atoms with Gasteiger partial charge < -0.3 is 26.6 Å². The molecule has 0 saturated heterocycles. The molecule has 0 radical (unpaired) electrons. The van der Waals surface area contributed by atoms with E-state index in [1.54, 1.807) is 12.1 Å². The Kier molecular flexibility index (Phi) is 7.11. The molecule has 1 aliphatic carbocycles. The van der Waals surface area contributed by atoms with Crippen LogP contribution in [0.3, 0.4) is 0 Å². The van der Waals surface area contributed by atoms with Gasteiger partial charge in [-0.1, -0.05) is 36.4 Å². The molecule has 0 aliphatic heterocycles. The van der Waals surface area contributed by atoms with Crippen molar-refractivity contribution in [2.75, 3.05) is 0 Å². The first-order valence-corrected chi connectivity index (χ1v) is 9.77. The number of aromatic nitrogens is 1. The summed E-state index contributed by atoms with van der Waals surface area (Å²) in [5.74, 6) is -1.82. The number of benzene rings is 1. The van der Waals surface area contributed by atoms with E-state index in [1.807, 2.05) is 30.3 Å². The Labute approximate surface area is 179 Å². The van der Waals surface area contributed by atoms with Crippen molar-refractivity contribution in [3.05, 3.63) is 77.6 Å². The number of amides is 3. The van der Waals surface area contributed by atoms with Gasteiger partial charge in [0.15, 0.2) is 0 Å². The van der Waals surface area contributed by atoms with Gasteiger partial charge >= 0.3 is 0 Å². The number of nitrogens with two attached hydrogens (primary N) is 1. The van der Waals surface area contributed by atoms with Crippen LogP contribution in [0.1, 0.15) is 22.3 Å². The van der Waals surface area contributed by atoms with Crippen LogP contribution in [0.4, 0.5) is 0 Å². The third-order valence-electron chi connectivity index (χ3n) is 5.02. The number of carbonyl (C=O) groups excluding carboxylic acids is 3. The highest BCUT2D eigenvalue weighted by Gasteiger charge is 2.34. The number of rotatable bonds is 7. The smallest absolute Gasteiger partial charge is 0.253 e. The number of nitrogens with zero attached hydrogens (tertiary/aromatic N) is 1. The molecule has 3 rings (SSSR count). The number of primary amides is 1. The van der Waals surface area contributed by atoms with E-state index in [2.05, 4.69) is 15.6 Å². The summed E-state index contributed by atoms with van der Waals surface area (Å²) in [5.41, 5.74) is 6.67. The fourth-order valence-electron chi connectivity index (χ4n) is 3.32. The van der Waals surface area contributed by atoms with Crippen LogP contribution < -0.4 is 16.4 Å². The summed E-state index contributed by atoms with van der Waals surface area (Å²) in [5, 5.41) is 25.6. The lowest BCUT2D eigenvalue weighted by atomic mass is 9.89. The third-order valence-corrected chi connectivity index (χ3v) is 5.02. The standard InChI is InChI=1S/C22H24N4O5/c23-20(29)17(9-13-5-2-1-3-6-13)26-22(31)15-10-16(19(28)18(27)11-15)25-21(30)14-7-4-8-24-12-14/h1-8,10,12,16-19,27-28H,9,11H2,(H2,23,29)(H,25,30)(H,26,31). The number of aliphatic hydroxyl groups is 2. The molecule has 0 saturated carbocycles. The lowest BCUT2D eigenvalue weighted by molar-refractivity contribution is -0.125. The second-order valence-corrected chi connectivity index (χ2v) is 7.31. The van der Waals surface area contributed by atoms with E-state index in [9.17, 15) is 24.6 Å². The molecule has 0 spiro atoms. The molecule has 2 aromatic rings. The molecule has 3 amide bonds. The molecule has 9 heteroatoms. The fraction of sp³-hybridized carbons (Fsp3) is 0.273. The van der Waals surface area contributed by atoms with Crippen LogP contribution in [0.15, 0.2) is 66.5 Å². The topological polar surface area (TPSA) is 155 Å². The molecule has 1 aromatic heterocycles. The van der Waals surface area contributed by atoms with Gasteiger partial charge in [0, 0.05) is 30.8 Å². The van der Waals surface area contributed by atoms with Gasteiger partial charge in [-0.25, -0.2) is 0 Å². The van der Waals surface area contributed by atoms with Crippen LogP contribution in [0.2, 0.25) is 0 Å². The number of hydrogen-bond acceptors (Lipinski definition) is 6. The highest BCUT2D eigenvalue weighted by Crippen LogP contribution is 2.20. The first kappa shape index (κ1) is 22.1. The SMILES string of the molecule is NC(=O)C(Cc1ccccc1)NC(=O)C1=CC(NC(=O)c2cccnc2)C(O)C(O)C1. The molecule has 1 aliphatic rings. The van der Waals surface area contributed by atoms with Crippen molar-refractivity contribution in [3.63, 3.8) is 0 Å². The lowest BCUT2D eigenvalue weighted by Crippen LogP contribution is -2.52. The van der Waals surface area contributed by atoms with Gasteiger partial charge in [0.2, 0.25) is 11.8 Å². The van der Waals surface area contributed by atoms with E-state index in [1.165, 1.54) is 18.5 Å². The van der Waals surface area contributed by atoms with Gasteiger partial charge in [-0.3, -0.25) is 19.4 Å². The number of hydrogen-bond donors (Lipinski definition) is 5. The Balaban J connectivity index is 1.73. The Morgan fingerprint density at radius 3 is 2.48 bits per heavy atom. The average Bonchev–Trinajstić information content (AvgIpc) is 2.77. The summed E-state index contributed by atoms with van der Waals surface area (Å²) >= 11 is 0. The molecule has 31 heavy (non-hydrogen) atoms. The maximum absolute atomic E-state index is 12.8. The lowest BCUT2D eigenvalue weighted by Gasteiger charge is -2.31. The minimum absolute atomic E-state index is 0.133. The molecule has 4 atom stereocenters. The van der Waals surface area contributed by atoms with Crippen molar-refractivity contribution in [1.82, 2.24) is 15.6 Å². The summed E-state index contributed by atoms with van der Waals surface area (Å²) in [6, 6.07) is 10.3. The molecule has 1 heterocycles. The molecular weight excluding hydrogens is 400 g/mol. The van der Waals surface area contributed by atoms with Crippen LogP contribution in [0.25, 0.3) is 0 Å². The Morgan fingerprint density at radius 2 is 1.84 bits per heavy atom. The fourth-order valence-corrected chi connectivity index (χ4v) is 3.32. The highest BCUT2D eigenvalue weighted by atomic mass is 16.3. The quantitative estimate of drug-likeness (QED) is 0.402. The van der Waals surface area contributed by atoms with Gasteiger partial charge in [0.1, 0.15) is 12.1 Å². The number of nitrogens with one attached hydrogen (secondary N) is 2. The predicted molar refractivity (Wildman–Crippen MR) is 111 cm³/mol. The number of carbonyl (C=O) groups is 3. The second kappa shape index (κ2) is 9.96. The minimum atomic E-state index is -1.30. The van der Waals surface area contributed by atoms with Crippen molar-refractivity contribution in [1.29, 1.82) is 0 Å². The molecule has 4 unspecified atom stereocenters.